The number of carbonyl (C=O) groups excluding carboxylic acids is 1. The zero-order chi connectivity index (χ0) is 9.68. The fraction of sp³-hybridized carbons (Fsp3) is 0.900. The Bertz CT molecular complexity index is 164. The Morgan fingerprint density at radius 2 is 2.08 bits per heavy atom. The molecule has 13 heavy (non-hydrogen) atoms. The van der Waals surface area contributed by atoms with Crippen LogP contribution in [-0.4, -0.2) is 35.1 Å². The number of likely N-dealkylation sites (tertiary alicyclic amines) is 1. The van der Waals surface area contributed by atoms with Crippen LogP contribution >= 0.6 is 0 Å². The van der Waals surface area contributed by atoms with E-state index in [0.29, 0.717) is 6.42 Å². The normalized spacial score (nSPS) is 19.1. The number of amides is 1. The molecule has 1 saturated heterocycles. The topological polar surface area (TPSA) is 40.5 Å². The first-order valence-electron chi connectivity index (χ1n) is 5.20. The summed E-state index contributed by atoms with van der Waals surface area (Å²) >= 11 is 0. The number of carbonyl (C=O) groups is 1. The molecule has 0 aromatic heterocycles. The van der Waals surface area contributed by atoms with Gasteiger partial charge in [0.15, 0.2) is 0 Å². The summed E-state index contributed by atoms with van der Waals surface area (Å²) in [6.45, 7) is 3.79. The minimum Gasteiger partial charge on any atom is -0.393 e. The summed E-state index contributed by atoms with van der Waals surface area (Å²) < 4.78 is 0. The van der Waals surface area contributed by atoms with Gasteiger partial charge in [-0.3, -0.25) is 4.79 Å². The number of nitrogens with zero attached hydrogens (tertiary/aromatic N) is 1. The molecular weight excluding hydrogens is 166 g/mol. The SMILES string of the molecule is CCC[C@@H](O)CC(=O)N1CCCC1. The third-order valence-corrected chi connectivity index (χ3v) is 2.49. The van der Waals surface area contributed by atoms with Gasteiger partial charge in [0.05, 0.1) is 12.5 Å². The molecule has 0 aromatic rings. The van der Waals surface area contributed by atoms with Gasteiger partial charge in [-0.15, -0.1) is 0 Å². The van der Waals surface area contributed by atoms with Crippen molar-refractivity contribution in [3.8, 4) is 0 Å². The molecule has 0 saturated carbocycles. The van der Waals surface area contributed by atoms with Crippen LogP contribution in [0.4, 0.5) is 0 Å². The first-order valence-corrected chi connectivity index (χ1v) is 5.20. The predicted molar refractivity (Wildman–Crippen MR) is 51.3 cm³/mol. The van der Waals surface area contributed by atoms with E-state index in [-0.39, 0.29) is 5.91 Å². The molecule has 1 amide bonds. The van der Waals surface area contributed by atoms with Gasteiger partial charge in [-0.05, 0) is 19.3 Å². The minimum atomic E-state index is -0.432. The largest absolute Gasteiger partial charge is 0.393 e. The summed E-state index contributed by atoms with van der Waals surface area (Å²) in [4.78, 5) is 13.4. The Morgan fingerprint density at radius 3 is 2.62 bits per heavy atom. The second-order valence-corrected chi connectivity index (χ2v) is 3.73. The third kappa shape index (κ3) is 3.35. The number of hydrogen-bond acceptors (Lipinski definition) is 2. The van der Waals surface area contributed by atoms with E-state index in [1.54, 1.807) is 0 Å². The van der Waals surface area contributed by atoms with Crippen LogP contribution in [0, 0.1) is 0 Å². The van der Waals surface area contributed by atoms with Crippen LogP contribution in [0.3, 0.4) is 0 Å². The lowest BCUT2D eigenvalue weighted by molar-refractivity contribution is -0.132. The van der Waals surface area contributed by atoms with Crippen molar-refractivity contribution in [2.24, 2.45) is 0 Å². The van der Waals surface area contributed by atoms with Crippen LogP contribution in [-0.2, 0) is 4.79 Å². The summed E-state index contributed by atoms with van der Waals surface area (Å²) in [6, 6.07) is 0. The summed E-state index contributed by atoms with van der Waals surface area (Å²) in [5.74, 6) is 0.124. The van der Waals surface area contributed by atoms with Gasteiger partial charge >= 0.3 is 0 Å². The summed E-state index contributed by atoms with van der Waals surface area (Å²) in [6.07, 6.45) is 3.80. The highest BCUT2D eigenvalue weighted by atomic mass is 16.3. The van der Waals surface area contributed by atoms with Crippen LogP contribution < -0.4 is 0 Å². The van der Waals surface area contributed by atoms with Crippen molar-refractivity contribution in [3.05, 3.63) is 0 Å². The molecule has 0 radical (unpaired) electrons. The van der Waals surface area contributed by atoms with Gasteiger partial charge in [0.25, 0.3) is 0 Å². The molecule has 1 rings (SSSR count). The summed E-state index contributed by atoms with van der Waals surface area (Å²) in [5.41, 5.74) is 0. The average Bonchev–Trinajstić information content (AvgIpc) is 2.55. The molecule has 76 valence electrons. The second kappa shape index (κ2) is 5.22. The average molecular weight is 185 g/mol. The maximum atomic E-state index is 11.5. The molecule has 0 spiro atoms. The predicted octanol–water partition coefficient (Wildman–Crippen LogP) is 1.16. The van der Waals surface area contributed by atoms with Gasteiger partial charge in [0, 0.05) is 13.1 Å². The van der Waals surface area contributed by atoms with E-state index in [2.05, 4.69) is 0 Å². The maximum absolute atomic E-state index is 11.5. The van der Waals surface area contributed by atoms with Crippen LogP contribution in [0.1, 0.15) is 39.0 Å². The van der Waals surface area contributed by atoms with Crippen molar-refractivity contribution in [1.82, 2.24) is 4.90 Å². The van der Waals surface area contributed by atoms with Gasteiger partial charge < -0.3 is 10.0 Å². The zero-order valence-electron chi connectivity index (χ0n) is 8.33. The lowest BCUT2D eigenvalue weighted by atomic mass is 10.1. The van der Waals surface area contributed by atoms with Crippen molar-refractivity contribution in [2.45, 2.75) is 45.1 Å². The van der Waals surface area contributed by atoms with Crippen molar-refractivity contribution in [1.29, 1.82) is 0 Å². The smallest absolute Gasteiger partial charge is 0.225 e. The monoisotopic (exact) mass is 185 g/mol. The molecule has 1 heterocycles. The Balaban J connectivity index is 2.23. The molecular formula is C10H19NO2. The molecule has 0 bridgehead atoms. The van der Waals surface area contributed by atoms with Gasteiger partial charge in [-0.1, -0.05) is 13.3 Å². The highest BCUT2D eigenvalue weighted by molar-refractivity contribution is 5.76. The standard InChI is InChI=1S/C10H19NO2/c1-2-5-9(12)8-10(13)11-6-3-4-7-11/h9,12H,2-8H2,1H3/t9-/m1/s1. The van der Waals surface area contributed by atoms with E-state index in [0.717, 1.165) is 38.8 Å². The molecule has 1 N–H and O–H groups in total. The van der Waals surface area contributed by atoms with Crippen molar-refractivity contribution in [2.75, 3.05) is 13.1 Å². The van der Waals surface area contributed by atoms with Gasteiger partial charge in [0.1, 0.15) is 0 Å². The molecule has 0 unspecified atom stereocenters. The summed E-state index contributed by atoms with van der Waals surface area (Å²) in [7, 11) is 0. The molecule has 1 aliphatic rings. The fourth-order valence-corrected chi connectivity index (χ4v) is 1.73. The molecule has 1 atom stereocenters. The molecule has 1 fully saturated rings. The third-order valence-electron chi connectivity index (χ3n) is 2.49. The maximum Gasteiger partial charge on any atom is 0.225 e. The Kier molecular flexibility index (Phi) is 4.22. The van der Waals surface area contributed by atoms with Gasteiger partial charge in [-0.25, -0.2) is 0 Å². The van der Waals surface area contributed by atoms with Crippen LogP contribution in [0.15, 0.2) is 0 Å². The Labute approximate surface area is 79.7 Å². The van der Waals surface area contributed by atoms with E-state index in [1.165, 1.54) is 0 Å². The highest BCUT2D eigenvalue weighted by Crippen LogP contribution is 2.11. The number of aliphatic hydroxyl groups excluding tert-OH is 1. The van der Waals surface area contributed by atoms with E-state index in [1.807, 2.05) is 11.8 Å². The minimum absolute atomic E-state index is 0.124. The quantitative estimate of drug-likeness (QED) is 0.714. The van der Waals surface area contributed by atoms with Crippen molar-refractivity contribution in [3.63, 3.8) is 0 Å². The zero-order valence-corrected chi connectivity index (χ0v) is 8.33. The van der Waals surface area contributed by atoms with E-state index >= 15 is 0 Å². The van der Waals surface area contributed by atoms with Gasteiger partial charge in [0.2, 0.25) is 5.91 Å². The van der Waals surface area contributed by atoms with Crippen LogP contribution in [0.25, 0.3) is 0 Å². The lowest BCUT2D eigenvalue weighted by Crippen LogP contribution is -2.30. The van der Waals surface area contributed by atoms with E-state index in [9.17, 15) is 9.90 Å². The number of rotatable bonds is 4. The van der Waals surface area contributed by atoms with Crippen LogP contribution in [0.2, 0.25) is 0 Å². The number of aliphatic hydroxyl groups is 1. The summed E-state index contributed by atoms with van der Waals surface area (Å²) in [5, 5.41) is 9.43. The molecule has 0 aliphatic carbocycles. The van der Waals surface area contributed by atoms with Crippen LogP contribution in [0.5, 0.6) is 0 Å². The van der Waals surface area contributed by atoms with E-state index < -0.39 is 6.10 Å². The van der Waals surface area contributed by atoms with Crippen molar-refractivity contribution >= 4 is 5.91 Å². The lowest BCUT2D eigenvalue weighted by Gasteiger charge is -2.17. The van der Waals surface area contributed by atoms with Gasteiger partial charge in [-0.2, -0.15) is 0 Å². The number of hydrogen-bond donors (Lipinski definition) is 1. The Hall–Kier alpha value is -0.570. The highest BCUT2D eigenvalue weighted by Gasteiger charge is 2.19. The molecule has 3 heteroatoms. The molecule has 0 aromatic carbocycles. The van der Waals surface area contributed by atoms with E-state index in [4.69, 9.17) is 0 Å². The van der Waals surface area contributed by atoms with Crippen molar-refractivity contribution < 1.29 is 9.90 Å². The molecule has 1 aliphatic heterocycles. The molecule has 3 nitrogen and oxygen atoms in total. The second-order valence-electron chi connectivity index (χ2n) is 3.73. The first-order chi connectivity index (χ1) is 6.24. The Morgan fingerprint density at radius 1 is 1.46 bits per heavy atom. The fourth-order valence-electron chi connectivity index (χ4n) is 1.73. The first kappa shape index (κ1) is 10.5.